The molecule has 0 saturated heterocycles. The summed E-state index contributed by atoms with van der Waals surface area (Å²) in [6.07, 6.45) is 2.38. The number of rotatable bonds is 7. The summed E-state index contributed by atoms with van der Waals surface area (Å²) < 4.78 is 0. The summed E-state index contributed by atoms with van der Waals surface area (Å²) in [5, 5.41) is 2.98. The van der Waals surface area contributed by atoms with Crippen molar-refractivity contribution in [2.75, 3.05) is 0 Å². The topological polar surface area (TPSA) is 0 Å². The zero-order valence-corrected chi connectivity index (χ0v) is 25.7. The van der Waals surface area contributed by atoms with Crippen LogP contribution in [0.4, 0.5) is 0 Å². The van der Waals surface area contributed by atoms with Crippen LogP contribution in [0.25, 0.3) is 22.3 Å². The summed E-state index contributed by atoms with van der Waals surface area (Å²) in [7, 11) is -1.73. The first-order chi connectivity index (χ1) is 18.0. The van der Waals surface area contributed by atoms with Gasteiger partial charge < -0.3 is 0 Å². The van der Waals surface area contributed by atoms with Gasteiger partial charge in [-0.25, -0.2) is 0 Å². The summed E-state index contributed by atoms with van der Waals surface area (Å²) in [6.45, 7) is 18.9. The van der Waals surface area contributed by atoms with Crippen LogP contribution in [-0.4, -0.2) is 8.07 Å². The molecule has 5 rings (SSSR count). The second-order valence-electron chi connectivity index (χ2n) is 13.2. The SMILES string of the molecule is Cc1ccc([Si](C)(C)c2ccc(-c3ccc4c(c3)C(CC(C)C)(CC(C)C)c3cc(C)ccc3-4)cc2)cc1. The Morgan fingerprint density at radius 1 is 0.553 bits per heavy atom. The lowest BCUT2D eigenvalue weighted by Gasteiger charge is -2.36. The Morgan fingerprint density at radius 2 is 1.00 bits per heavy atom. The van der Waals surface area contributed by atoms with Gasteiger partial charge in [-0.05, 0) is 78.0 Å². The van der Waals surface area contributed by atoms with E-state index in [2.05, 4.69) is 140 Å². The van der Waals surface area contributed by atoms with Crippen LogP contribution >= 0.6 is 0 Å². The lowest BCUT2D eigenvalue weighted by molar-refractivity contribution is 0.337. The number of hydrogen-bond donors (Lipinski definition) is 0. The molecule has 0 aromatic heterocycles. The molecule has 0 N–H and O–H groups in total. The molecule has 1 heteroatoms. The summed E-state index contributed by atoms with van der Waals surface area (Å²) in [5.74, 6) is 1.26. The molecule has 1 aliphatic rings. The van der Waals surface area contributed by atoms with Crippen LogP contribution in [-0.2, 0) is 5.41 Å². The maximum atomic E-state index is 2.53. The number of aryl methyl sites for hydroxylation is 2. The smallest absolute Gasteiger partial charge is 0.0627 e. The molecule has 0 amide bonds. The molecule has 1 aliphatic carbocycles. The average molecular weight is 517 g/mol. The van der Waals surface area contributed by atoms with Gasteiger partial charge in [0.1, 0.15) is 8.07 Å². The van der Waals surface area contributed by atoms with E-state index in [4.69, 9.17) is 0 Å². The normalized spacial score (nSPS) is 14.2. The third kappa shape index (κ3) is 4.71. The van der Waals surface area contributed by atoms with Crippen LogP contribution in [0.15, 0.2) is 84.9 Å². The van der Waals surface area contributed by atoms with Gasteiger partial charge in [0.2, 0.25) is 0 Å². The van der Waals surface area contributed by atoms with Crippen molar-refractivity contribution in [2.24, 2.45) is 11.8 Å². The quantitative estimate of drug-likeness (QED) is 0.215. The van der Waals surface area contributed by atoms with Gasteiger partial charge >= 0.3 is 0 Å². The van der Waals surface area contributed by atoms with Crippen molar-refractivity contribution < 1.29 is 0 Å². The fourth-order valence-corrected chi connectivity index (χ4v) is 9.26. The van der Waals surface area contributed by atoms with Crippen LogP contribution in [0.1, 0.15) is 62.8 Å². The monoisotopic (exact) mass is 516 g/mol. The van der Waals surface area contributed by atoms with Crippen molar-refractivity contribution >= 4 is 18.4 Å². The molecule has 196 valence electrons. The molecule has 0 aliphatic heterocycles. The lowest BCUT2D eigenvalue weighted by atomic mass is 9.67. The van der Waals surface area contributed by atoms with Crippen molar-refractivity contribution in [2.45, 2.75) is 72.9 Å². The summed E-state index contributed by atoms with van der Waals surface area (Å²) in [5.41, 5.74) is 11.4. The second kappa shape index (κ2) is 10.0. The van der Waals surface area contributed by atoms with Gasteiger partial charge in [-0.15, -0.1) is 0 Å². The van der Waals surface area contributed by atoms with E-state index >= 15 is 0 Å². The Balaban J connectivity index is 1.58. The van der Waals surface area contributed by atoms with E-state index in [0.29, 0.717) is 11.8 Å². The Bertz CT molecular complexity index is 1430. The Kier molecular flexibility index (Phi) is 7.03. The minimum atomic E-state index is -1.73. The summed E-state index contributed by atoms with van der Waals surface area (Å²) in [6, 6.07) is 33.1. The van der Waals surface area contributed by atoms with Crippen LogP contribution < -0.4 is 10.4 Å². The molecule has 0 spiro atoms. The molecule has 0 unspecified atom stereocenters. The molecular weight excluding hydrogens is 472 g/mol. The molecule has 4 aromatic carbocycles. The zero-order chi connectivity index (χ0) is 27.2. The van der Waals surface area contributed by atoms with Gasteiger partial charge in [0, 0.05) is 5.41 Å². The Hall–Kier alpha value is -2.90. The van der Waals surface area contributed by atoms with Gasteiger partial charge in [0.25, 0.3) is 0 Å². The molecule has 38 heavy (non-hydrogen) atoms. The number of fused-ring (bicyclic) bond motifs is 3. The minimum Gasteiger partial charge on any atom is -0.0627 e. The largest absolute Gasteiger partial charge is 0.112 e. The Labute approximate surface area is 232 Å². The fourth-order valence-electron chi connectivity index (χ4n) is 6.92. The molecule has 0 saturated carbocycles. The molecule has 0 fully saturated rings. The second-order valence-corrected chi connectivity index (χ2v) is 17.6. The van der Waals surface area contributed by atoms with Crippen LogP contribution in [0.2, 0.25) is 13.1 Å². The first kappa shape index (κ1) is 26.7. The minimum absolute atomic E-state index is 0.0787. The standard InChI is InChI=1S/C37H44Si/c1-25(2)23-37(24-26(3)4)35-21-28(6)11-19-33(35)34-20-14-30(22-36(34)37)29-12-17-32(18-13-29)38(7,8)31-15-9-27(5)10-16-31/h9-22,25-26H,23-24H2,1-8H3. The summed E-state index contributed by atoms with van der Waals surface area (Å²) in [4.78, 5) is 0. The maximum Gasteiger partial charge on any atom is 0.112 e. The van der Waals surface area contributed by atoms with Crippen molar-refractivity contribution in [1.82, 2.24) is 0 Å². The number of benzene rings is 4. The van der Waals surface area contributed by atoms with Crippen molar-refractivity contribution in [3.63, 3.8) is 0 Å². The fraction of sp³-hybridized carbons (Fsp3) is 0.351. The first-order valence-corrected chi connectivity index (χ1v) is 17.5. The van der Waals surface area contributed by atoms with Gasteiger partial charge in [0.05, 0.1) is 0 Å². The lowest BCUT2D eigenvalue weighted by Crippen LogP contribution is -2.52. The van der Waals surface area contributed by atoms with Crippen LogP contribution in [0.3, 0.4) is 0 Å². The van der Waals surface area contributed by atoms with E-state index in [-0.39, 0.29) is 5.41 Å². The van der Waals surface area contributed by atoms with Crippen molar-refractivity contribution in [3.8, 4) is 22.3 Å². The summed E-state index contributed by atoms with van der Waals surface area (Å²) >= 11 is 0. The van der Waals surface area contributed by atoms with Gasteiger partial charge in [0.15, 0.2) is 0 Å². The van der Waals surface area contributed by atoms with Gasteiger partial charge in [-0.1, -0.05) is 141 Å². The maximum absolute atomic E-state index is 2.53. The van der Waals surface area contributed by atoms with Crippen molar-refractivity contribution in [3.05, 3.63) is 107 Å². The predicted octanol–water partition coefficient (Wildman–Crippen LogP) is 9.15. The van der Waals surface area contributed by atoms with E-state index in [0.717, 1.165) is 0 Å². The predicted molar refractivity (Wildman–Crippen MR) is 170 cm³/mol. The van der Waals surface area contributed by atoms with Gasteiger partial charge in [-0.3, -0.25) is 0 Å². The van der Waals surface area contributed by atoms with E-state index in [1.165, 1.54) is 62.2 Å². The van der Waals surface area contributed by atoms with E-state index in [1.54, 1.807) is 5.56 Å². The molecule has 0 nitrogen and oxygen atoms in total. The Morgan fingerprint density at radius 3 is 1.55 bits per heavy atom. The highest BCUT2D eigenvalue weighted by atomic mass is 28.3. The molecular formula is C37H44Si. The van der Waals surface area contributed by atoms with E-state index in [1.807, 2.05) is 0 Å². The number of hydrogen-bond acceptors (Lipinski definition) is 0. The third-order valence-electron chi connectivity index (χ3n) is 8.74. The third-order valence-corrected chi connectivity index (χ3v) is 12.3. The van der Waals surface area contributed by atoms with E-state index in [9.17, 15) is 0 Å². The molecule has 0 heterocycles. The van der Waals surface area contributed by atoms with Crippen LogP contribution in [0.5, 0.6) is 0 Å². The van der Waals surface area contributed by atoms with Crippen LogP contribution in [0, 0.1) is 25.7 Å². The average Bonchev–Trinajstić information content (AvgIpc) is 3.11. The van der Waals surface area contributed by atoms with Crippen molar-refractivity contribution in [1.29, 1.82) is 0 Å². The first-order valence-electron chi connectivity index (χ1n) is 14.5. The zero-order valence-electron chi connectivity index (χ0n) is 24.7. The molecule has 4 aromatic rings. The van der Waals surface area contributed by atoms with E-state index < -0.39 is 8.07 Å². The highest BCUT2D eigenvalue weighted by Gasteiger charge is 2.44. The van der Waals surface area contributed by atoms with Gasteiger partial charge in [-0.2, -0.15) is 0 Å². The molecule has 0 radical (unpaired) electrons. The highest BCUT2D eigenvalue weighted by Crippen LogP contribution is 2.55. The molecule has 0 atom stereocenters. The molecule has 0 bridgehead atoms. The highest BCUT2D eigenvalue weighted by molar-refractivity contribution is 7.00.